The van der Waals surface area contributed by atoms with E-state index in [1.807, 2.05) is 34.9 Å². The Morgan fingerprint density at radius 1 is 1.06 bits per heavy atom. The van der Waals surface area contributed by atoms with Crippen LogP contribution in [0.25, 0.3) is 22.2 Å². The van der Waals surface area contributed by atoms with Gasteiger partial charge in [0.15, 0.2) is 0 Å². The SMILES string of the molecule is C#CCOc1ccc2c(c1)c(-c1ccc(C(C)C)cc1)nc(=S)n2Cc1cccnc1OCCOC. The molecule has 0 unspecified atom stereocenters. The number of benzene rings is 2. The van der Waals surface area contributed by atoms with Gasteiger partial charge in [-0.2, -0.15) is 0 Å². The number of fused-ring (bicyclic) bond motifs is 1. The minimum Gasteiger partial charge on any atom is -0.481 e. The third-order valence-electron chi connectivity index (χ3n) is 5.83. The van der Waals surface area contributed by atoms with Crippen LogP contribution in [-0.2, 0) is 11.3 Å². The summed E-state index contributed by atoms with van der Waals surface area (Å²) in [5, 5.41) is 0.918. The van der Waals surface area contributed by atoms with Crippen LogP contribution in [0.1, 0.15) is 30.9 Å². The highest BCUT2D eigenvalue weighted by Crippen LogP contribution is 2.32. The Morgan fingerprint density at radius 2 is 1.86 bits per heavy atom. The average Bonchev–Trinajstić information content (AvgIpc) is 2.90. The van der Waals surface area contributed by atoms with Crippen LogP contribution in [0.5, 0.6) is 11.6 Å². The molecule has 0 aliphatic rings. The van der Waals surface area contributed by atoms with Crippen molar-refractivity contribution in [2.24, 2.45) is 0 Å². The van der Waals surface area contributed by atoms with E-state index in [1.54, 1.807) is 13.3 Å². The van der Waals surface area contributed by atoms with Crippen molar-refractivity contribution in [3.8, 4) is 35.2 Å². The molecule has 6 nitrogen and oxygen atoms in total. The van der Waals surface area contributed by atoms with Crippen LogP contribution >= 0.6 is 12.2 Å². The first-order chi connectivity index (χ1) is 17.5. The molecular formula is C29H29N3O3S. The fourth-order valence-corrected chi connectivity index (χ4v) is 4.19. The quantitative estimate of drug-likeness (QED) is 0.151. The Kier molecular flexibility index (Phi) is 8.32. The highest BCUT2D eigenvalue weighted by molar-refractivity contribution is 7.71. The monoisotopic (exact) mass is 499 g/mol. The Labute approximate surface area is 216 Å². The first kappa shape index (κ1) is 25.4. The van der Waals surface area contributed by atoms with Crippen LogP contribution in [0.4, 0.5) is 0 Å². The lowest BCUT2D eigenvalue weighted by atomic mass is 9.99. The van der Waals surface area contributed by atoms with E-state index in [-0.39, 0.29) is 6.61 Å². The molecule has 0 saturated carbocycles. The predicted octanol–water partition coefficient (Wildman–Crippen LogP) is 6.04. The average molecular weight is 500 g/mol. The minimum absolute atomic E-state index is 0.189. The maximum Gasteiger partial charge on any atom is 0.218 e. The van der Waals surface area contributed by atoms with Crippen LogP contribution in [0.2, 0.25) is 0 Å². The van der Waals surface area contributed by atoms with E-state index in [4.69, 9.17) is 37.8 Å². The van der Waals surface area contributed by atoms with Crippen molar-refractivity contribution < 1.29 is 14.2 Å². The maximum absolute atomic E-state index is 5.85. The first-order valence-corrected chi connectivity index (χ1v) is 12.2. The Bertz CT molecular complexity index is 1440. The second-order valence-corrected chi connectivity index (χ2v) is 8.95. The molecule has 0 saturated heterocycles. The molecule has 2 aromatic heterocycles. The van der Waals surface area contributed by atoms with E-state index in [9.17, 15) is 0 Å². The van der Waals surface area contributed by atoms with Crippen LogP contribution in [-0.4, -0.2) is 41.5 Å². The number of pyridine rings is 1. The van der Waals surface area contributed by atoms with E-state index in [0.29, 0.717) is 42.1 Å². The lowest BCUT2D eigenvalue weighted by Gasteiger charge is -2.17. The van der Waals surface area contributed by atoms with Gasteiger partial charge in [-0.3, -0.25) is 0 Å². The summed E-state index contributed by atoms with van der Waals surface area (Å²) in [6, 6.07) is 18.2. The highest BCUT2D eigenvalue weighted by Gasteiger charge is 2.15. The molecular weight excluding hydrogens is 470 g/mol. The molecule has 0 amide bonds. The fraction of sp³-hybridized carbons (Fsp3) is 0.276. The summed E-state index contributed by atoms with van der Waals surface area (Å²) in [5.41, 5.74) is 4.88. The molecule has 0 N–H and O–H groups in total. The van der Waals surface area contributed by atoms with Gasteiger partial charge in [0.05, 0.1) is 24.4 Å². The summed E-state index contributed by atoms with van der Waals surface area (Å²) in [7, 11) is 1.64. The van der Waals surface area contributed by atoms with Crippen LogP contribution in [0.15, 0.2) is 60.8 Å². The van der Waals surface area contributed by atoms with E-state index in [0.717, 1.165) is 27.7 Å². The largest absolute Gasteiger partial charge is 0.481 e. The maximum atomic E-state index is 5.85. The third kappa shape index (κ3) is 5.73. The van der Waals surface area contributed by atoms with Crippen LogP contribution in [0, 0.1) is 17.1 Å². The molecule has 2 aromatic carbocycles. The smallest absolute Gasteiger partial charge is 0.218 e. The van der Waals surface area contributed by atoms with Gasteiger partial charge in [-0.25, -0.2) is 9.97 Å². The zero-order valence-electron chi connectivity index (χ0n) is 20.7. The molecule has 0 aliphatic carbocycles. The number of aromatic nitrogens is 3. The second kappa shape index (κ2) is 11.8. The Balaban J connectivity index is 1.83. The van der Waals surface area contributed by atoms with E-state index < -0.39 is 0 Å². The van der Waals surface area contributed by atoms with Crippen molar-refractivity contribution in [2.45, 2.75) is 26.3 Å². The first-order valence-electron chi connectivity index (χ1n) is 11.8. The van der Waals surface area contributed by atoms with Crippen LogP contribution in [0.3, 0.4) is 0 Å². The fourth-order valence-electron chi connectivity index (χ4n) is 3.94. The lowest BCUT2D eigenvalue weighted by molar-refractivity contribution is 0.143. The molecule has 0 aliphatic heterocycles. The molecule has 184 valence electrons. The summed E-state index contributed by atoms with van der Waals surface area (Å²) in [4.78, 5) is 9.28. The van der Waals surface area contributed by atoms with E-state index in [2.05, 4.69) is 49.0 Å². The van der Waals surface area contributed by atoms with Crippen LogP contribution < -0.4 is 9.47 Å². The zero-order chi connectivity index (χ0) is 25.5. The summed E-state index contributed by atoms with van der Waals surface area (Å²) in [5.74, 6) is 4.19. The predicted molar refractivity (Wildman–Crippen MR) is 145 cm³/mol. The molecule has 0 spiro atoms. The normalized spacial score (nSPS) is 11.0. The molecule has 0 atom stereocenters. The molecule has 7 heteroatoms. The topological polar surface area (TPSA) is 58.4 Å². The van der Waals surface area contributed by atoms with Gasteiger partial charge < -0.3 is 18.8 Å². The van der Waals surface area contributed by atoms with Crippen molar-refractivity contribution in [1.29, 1.82) is 0 Å². The van der Waals surface area contributed by atoms with Gasteiger partial charge in [0.1, 0.15) is 19.0 Å². The summed E-state index contributed by atoms with van der Waals surface area (Å²) >= 11 is 5.80. The van der Waals surface area contributed by atoms with Crippen molar-refractivity contribution >= 4 is 23.1 Å². The van der Waals surface area contributed by atoms with Crippen molar-refractivity contribution in [2.75, 3.05) is 26.9 Å². The summed E-state index contributed by atoms with van der Waals surface area (Å²) in [6.07, 6.45) is 7.11. The van der Waals surface area contributed by atoms with Crippen molar-refractivity contribution in [1.82, 2.24) is 14.5 Å². The molecule has 4 rings (SSSR count). The number of methoxy groups -OCH3 is 1. The number of terminal acetylenes is 1. The molecule has 36 heavy (non-hydrogen) atoms. The lowest BCUT2D eigenvalue weighted by Crippen LogP contribution is -2.11. The van der Waals surface area contributed by atoms with Crippen molar-refractivity contribution in [3.05, 3.63) is 76.7 Å². The summed E-state index contributed by atoms with van der Waals surface area (Å²) in [6.45, 7) is 5.88. The highest BCUT2D eigenvalue weighted by atomic mass is 32.1. The second-order valence-electron chi connectivity index (χ2n) is 8.59. The van der Waals surface area contributed by atoms with Gasteiger partial charge in [0.2, 0.25) is 10.7 Å². The summed E-state index contributed by atoms with van der Waals surface area (Å²) < 4.78 is 19.1. The van der Waals surface area contributed by atoms with E-state index >= 15 is 0 Å². The van der Waals surface area contributed by atoms with Gasteiger partial charge in [0.25, 0.3) is 0 Å². The minimum atomic E-state index is 0.189. The zero-order valence-corrected chi connectivity index (χ0v) is 21.5. The number of hydrogen-bond acceptors (Lipinski definition) is 6. The Hall–Kier alpha value is -3.73. The van der Waals surface area contributed by atoms with Gasteiger partial charge in [0, 0.05) is 29.8 Å². The van der Waals surface area contributed by atoms with Gasteiger partial charge in [-0.05, 0) is 48.0 Å². The van der Waals surface area contributed by atoms with Crippen molar-refractivity contribution in [3.63, 3.8) is 0 Å². The Morgan fingerprint density at radius 3 is 2.58 bits per heavy atom. The third-order valence-corrected chi connectivity index (χ3v) is 6.14. The molecule has 4 aromatic rings. The van der Waals surface area contributed by atoms with Gasteiger partial charge >= 0.3 is 0 Å². The number of nitrogens with zero attached hydrogens (tertiary/aromatic N) is 3. The van der Waals surface area contributed by atoms with Gasteiger partial charge in [-0.1, -0.05) is 50.1 Å². The number of rotatable bonds is 10. The number of hydrogen-bond donors (Lipinski definition) is 0. The molecule has 0 bridgehead atoms. The molecule has 2 heterocycles. The van der Waals surface area contributed by atoms with E-state index in [1.165, 1.54) is 5.56 Å². The standard InChI is InChI=1S/C29H29N3O3S/c1-5-15-34-24-12-13-26-25(18-24)27(22-10-8-21(9-11-22)20(2)3)31-29(36)32(26)19-23-7-6-14-30-28(23)35-17-16-33-4/h1,6-14,18,20H,15-17,19H2,2-4H3. The van der Waals surface area contributed by atoms with Gasteiger partial charge in [-0.15, -0.1) is 6.42 Å². The molecule has 0 fully saturated rings. The molecule has 0 radical (unpaired) electrons. The number of ether oxygens (including phenoxy) is 3.